The van der Waals surface area contributed by atoms with E-state index in [0.29, 0.717) is 27.0 Å². The zero-order chi connectivity index (χ0) is 18.8. The fourth-order valence-electron chi connectivity index (χ4n) is 2.74. The van der Waals surface area contributed by atoms with Crippen molar-refractivity contribution < 1.29 is 4.79 Å². The molecule has 0 bridgehead atoms. The normalized spacial score (nSPS) is 10.7. The Bertz CT molecular complexity index is 1100. The number of hydrogen-bond acceptors (Lipinski definition) is 4. The summed E-state index contributed by atoms with van der Waals surface area (Å²) in [4.78, 5) is 18.1. The molecule has 2 heterocycles. The van der Waals surface area contributed by atoms with Crippen molar-refractivity contribution in [2.45, 2.75) is 0 Å². The molecule has 2 aromatic heterocycles. The smallest absolute Gasteiger partial charge is 0.261 e. The maximum atomic E-state index is 12.8. The number of hydrogen-bond donors (Lipinski definition) is 1. The van der Waals surface area contributed by atoms with Gasteiger partial charge in [0, 0.05) is 25.0 Å². The minimum absolute atomic E-state index is 0.271. The zero-order valence-electron chi connectivity index (χ0n) is 14.4. The highest BCUT2D eigenvalue weighted by atomic mass is 35.5. The van der Waals surface area contributed by atoms with Gasteiger partial charge in [-0.3, -0.25) is 14.8 Å². The first-order valence-corrected chi connectivity index (χ1v) is 9.42. The summed E-state index contributed by atoms with van der Waals surface area (Å²) < 4.78 is 1.60. The summed E-state index contributed by atoms with van der Waals surface area (Å²) in [5, 5.41) is 8.36. The van der Waals surface area contributed by atoms with Crippen molar-refractivity contribution >= 4 is 34.0 Å². The minimum atomic E-state index is -0.271. The molecule has 0 aliphatic rings. The number of amides is 1. The molecule has 0 aliphatic heterocycles. The molecule has 5 nitrogen and oxygen atoms in total. The van der Waals surface area contributed by atoms with E-state index in [2.05, 4.69) is 15.4 Å². The second-order valence-electron chi connectivity index (χ2n) is 5.89. The molecule has 4 aromatic rings. The summed E-state index contributed by atoms with van der Waals surface area (Å²) in [5.74, 6) is -0.271. The maximum Gasteiger partial charge on any atom is 0.261 e. The first-order chi connectivity index (χ1) is 13.1. The summed E-state index contributed by atoms with van der Waals surface area (Å²) in [6, 6.07) is 17.3. The number of anilines is 1. The number of nitrogens with zero attached hydrogens (tertiary/aromatic N) is 3. The number of aromatic nitrogens is 3. The van der Waals surface area contributed by atoms with Crippen LogP contribution >= 0.6 is 22.9 Å². The summed E-state index contributed by atoms with van der Waals surface area (Å²) in [5.41, 5.74) is 2.77. The second kappa shape index (κ2) is 7.34. The van der Waals surface area contributed by atoms with Gasteiger partial charge < -0.3 is 0 Å². The van der Waals surface area contributed by atoms with E-state index in [0.717, 1.165) is 10.4 Å². The van der Waals surface area contributed by atoms with E-state index in [1.807, 2.05) is 48.5 Å². The van der Waals surface area contributed by atoms with E-state index < -0.39 is 0 Å². The standard InChI is InChI=1S/C20H15ClN4OS/c1-25-12-15(18(24-25)14-9-5-6-10-16(14)21)19(26)23-20-22-11-17(27-20)13-7-3-2-4-8-13/h2-12H,1H3,(H,22,23,26). The van der Waals surface area contributed by atoms with Crippen LogP contribution in [0, 0.1) is 0 Å². The number of thiazole rings is 1. The molecule has 1 amide bonds. The van der Waals surface area contributed by atoms with Crippen molar-refractivity contribution in [3.05, 3.63) is 77.6 Å². The van der Waals surface area contributed by atoms with Gasteiger partial charge in [0.2, 0.25) is 0 Å². The number of nitrogens with one attached hydrogen (secondary N) is 1. The van der Waals surface area contributed by atoms with Crippen molar-refractivity contribution in [3.63, 3.8) is 0 Å². The second-order valence-corrected chi connectivity index (χ2v) is 7.33. The lowest BCUT2D eigenvalue weighted by Gasteiger charge is -2.04. The van der Waals surface area contributed by atoms with Crippen LogP contribution < -0.4 is 5.32 Å². The SMILES string of the molecule is Cn1cc(C(=O)Nc2ncc(-c3ccccc3)s2)c(-c2ccccc2Cl)n1. The number of benzene rings is 2. The topological polar surface area (TPSA) is 59.8 Å². The first kappa shape index (κ1) is 17.5. The quantitative estimate of drug-likeness (QED) is 0.522. The highest BCUT2D eigenvalue weighted by molar-refractivity contribution is 7.19. The van der Waals surface area contributed by atoms with Crippen molar-refractivity contribution in [2.75, 3.05) is 5.32 Å². The lowest BCUT2D eigenvalue weighted by atomic mass is 10.1. The van der Waals surface area contributed by atoms with Crippen LogP contribution in [0.15, 0.2) is 67.0 Å². The van der Waals surface area contributed by atoms with E-state index >= 15 is 0 Å². The molecule has 4 rings (SSSR count). The van der Waals surface area contributed by atoms with Gasteiger partial charge in [0.25, 0.3) is 5.91 Å². The predicted molar refractivity (Wildman–Crippen MR) is 109 cm³/mol. The molecule has 1 N–H and O–H groups in total. The molecule has 134 valence electrons. The summed E-state index contributed by atoms with van der Waals surface area (Å²) in [7, 11) is 1.77. The van der Waals surface area contributed by atoms with Crippen LogP contribution in [0.1, 0.15) is 10.4 Å². The molecule has 0 spiro atoms. The number of carbonyl (C=O) groups excluding carboxylic acids is 1. The molecular weight excluding hydrogens is 380 g/mol. The fraction of sp³-hybridized carbons (Fsp3) is 0.0500. The van der Waals surface area contributed by atoms with Gasteiger partial charge in [-0.2, -0.15) is 5.10 Å². The van der Waals surface area contributed by atoms with Crippen LogP contribution in [0.25, 0.3) is 21.7 Å². The van der Waals surface area contributed by atoms with Gasteiger partial charge in [-0.15, -0.1) is 0 Å². The Morgan fingerprint density at radius 3 is 2.63 bits per heavy atom. The third-order valence-corrected chi connectivity index (χ3v) is 5.28. The summed E-state index contributed by atoms with van der Waals surface area (Å²) in [6.07, 6.45) is 3.44. The number of rotatable bonds is 4. The van der Waals surface area contributed by atoms with E-state index in [-0.39, 0.29) is 5.91 Å². The minimum Gasteiger partial charge on any atom is -0.298 e. The van der Waals surface area contributed by atoms with Gasteiger partial charge in [-0.05, 0) is 11.6 Å². The number of carbonyl (C=O) groups is 1. The maximum absolute atomic E-state index is 12.8. The Balaban J connectivity index is 1.62. The van der Waals surface area contributed by atoms with Crippen LogP contribution in [0.2, 0.25) is 5.02 Å². The van der Waals surface area contributed by atoms with Crippen LogP contribution in [0.3, 0.4) is 0 Å². The predicted octanol–water partition coefficient (Wildman–Crippen LogP) is 5.12. The van der Waals surface area contributed by atoms with Gasteiger partial charge in [-0.1, -0.05) is 71.5 Å². The van der Waals surface area contributed by atoms with Crippen molar-refractivity contribution in [1.29, 1.82) is 0 Å². The van der Waals surface area contributed by atoms with Crippen molar-refractivity contribution in [1.82, 2.24) is 14.8 Å². The molecule has 0 fully saturated rings. The fourth-order valence-corrected chi connectivity index (χ4v) is 3.78. The largest absolute Gasteiger partial charge is 0.298 e. The first-order valence-electron chi connectivity index (χ1n) is 8.23. The molecule has 2 aromatic carbocycles. The highest BCUT2D eigenvalue weighted by Gasteiger charge is 2.20. The van der Waals surface area contributed by atoms with Gasteiger partial charge in [0.05, 0.1) is 15.5 Å². The van der Waals surface area contributed by atoms with Crippen molar-refractivity contribution in [3.8, 4) is 21.7 Å². The van der Waals surface area contributed by atoms with E-state index in [1.54, 1.807) is 30.2 Å². The molecule has 0 saturated heterocycles. The molecule has 0 saturated carbocycles. The molecule has 0 unspecified atom stereocenters. The molecule has 7 heteroatoms. The Kier molecular flexibility index (Phi) is 4.75. The average Bonchev–Trinajstić information content (AvgIpc) is 3.29. The summed E-state index contributed by atoms with van der Waals surface area (Å²) >= 11 is 7.71. The monoisotopic (exact) mass is 394 g/mol. The average molecular weight is 395 g/mol. The van der Waals surface area contributed by atoms with Crippen LogP contribution in [-0.2, 0) is 7.05 Å². The Hall–Kier alpha value is -2.96. The van der Waals surface area contributed by atoms with Crippen LogP contribution in [-0.4, -0.2) is 20.7 Å². The van der Waals surface area contributed by atoms with E-state index in [4.69, 9.17) is 11.6 Å². The van der Waals surface area contributed by atoms with Gasteiger partial charge in [-0.25, -0.2) is 4.98 Å². The van der Waals surface area contributed by atoms with Gasteiger partial charge in [0.1, 0.15) is 5.69 Å². The molecule has 0 aliphatic carbocycles. The number of aryl methyl sites for hydroxylation is 1. The molecular formula is C20H15ClN4OS. The third kappa shape index (κ3) is 3.63. The van der Waals surface area contributed by atoms with E-state index in [9.17, 15) is 4.79 Å². The summed E-state index contributed by atoms with van der Waals surface area (Å²) in [6.45, 7) is 0. The van der Waals surface area contributed by atoms with Crippen molar-refractivity contribution in [2.24, 2.45) is 7.05 Å². The third-order valence-electron chi connectivity index (χ3n) is 3.99. The van der Waals surface area contributed by atoms with Gasteiger partial charge in [0.15, 0.2) is 5.13 Å². The molecule has 0 radical (unpaired) electrons. The molecule has 0 atom stereocenters. The number of halogens is 1. The van der Waals surface area contributed by atoms with Crippen LogP contribution in [0.5, 0.6) is 0 Å². The highest BCUT2D eigenvalue weighted by Crippen LogP contribution is 2.31. The zero-order valence-corrected chi connectivity index (χ0v) is 16.0. The van der Waals surface area contributed by atoms with E-state index in [1.165, 1.54) is 11.3 Å². The lowest BCUT2D eigenvalue weighted by molar-refractivity contribution is 0.102. The van der Waals surface area contributed by atoms with Crippen LogP contribution in [0.4, 0.5) is 5.13 Å². The Morgan fingerprint density at radius 2 is 1.85 bits per heavy atom. The Labute approximate surface area is 165 Å². The van der Waals surface area contributed by atoms with Gasteiger partial charge >= 0.3 is 0 Å². The Morgan fingerprint density at radius 1 is 1.11 bits per heavy atom. The molecule has 27 heavy (non-hydrogen) atoms. The lowest BCUT2D eigenvalue weighted by Crippen LogP contribution is -2.12.